The van der Waals surface area contributed by atoms with Gasteiger partial charge in [0, 0.05) is 23.4 Å². The van der Waals surface area contributed by atoms with E-state index in [1.54, 1.807) is 36.4 Å². The van der Waals surface area contributed by atoms with Crippen molar-refractivity contribution in [2.45, 2.75) is 4.90 Å². The fourth-order valence-electron chi connectivity index (χ4n) is 3.22. The van der Waals surface area contributed by atoms with Crippen LogP contribution >= 0.6 is 11.8 Å². The number of carbonyl (C=O) groups is 3. The molecule has 0 saturated carbocycles. The molecule has 0 aliphatic carbocycles. The van der Waals surface area contributed by atoms with Gasteiger partial charge in [0.2, 0.25) is 5.91 Å². The van der Waals surface area contributed by atoms with Gasteiger partial charge in [-0.2, -0.15) is 8.42 Å². The van der Waals surface area contributed by atoms with Crippen LogP contribution in [0.25, 0.3) is 6.08 Å². The number of hydrogen-bond donors (Lipinski definition) is 1. The first-order valence-electron chi connectivity index (χ1n) is 10.5. The molecule has 3 amide bonds. The largest absolute Gasteiger partial charge is 0.378 e. The Morgan fingerprint density at radius 2 is 1.65 bits per heavy atom. The molecule has 37 heavy (non-hydrogen) atoms. The van der Waals surface area contributed by atoms with Gasteiger partial charge in [-0.15, -0.1) is 0 Å². The average molecular weight is 540 g/mol. The number of nitrogens with one attached hydrogen (secondary N) is 1. The summed E-state index contributed by atoms with van der Waals surface area (Å²) in [7, 11) is -4.37. The van der Waals surface area contributed by atoms with Gasteiger partial charge in [-0.1, -0.05) is 36.4 Å². The molecule has 1 fully saturated rings. The molecular weight excluding hydrogens is 522 g/mol. The van der Waals surface area contributed by atoms with Crippen LogP contribution in [0.15, 0.2) is 88.7 Å². The second-order valence-electron chi connectivity index (χ2n) is 7.51. The fraction of sp³-hybridized carbons (Fsp3) is 0.0417. The Bertz CT molecular complexity index is 1520. The number of hydrogen-bond acceptors (Lipinski definition) is 9. The van der Waals surface area contributed by atoms with E-state index in [1.165, 1.54) is 24.3 Å². The summed E-state index contributed by atoms with van der Waals surface area (Å²) >= 11 is 0.602. The van der Waals surface area contributed by atoms with Gasteiger partial charge in [-0.05, 0) is 48.2 Å². The fourth-order valence-corrected chi connectivity index (χ4v) is 5.00. The third kappa shape index (κ3) is 6.02. The Morgan fingerprint density at radius 1 is 1.00 bits per heavy atom. The maximum atomic E-state index is 12.8. The molecule has 0 aromatic heterocycles. The van der Waals surface area contributed by atoms with Crippen LogP contribution in [0.3, 0.4) is 0 Å². The molecule has 3 aromatic rings. The van der Waals surface area contributed by atoms with Crippen LogP contribution in [0, 0.1) is 10.1 Å². The molecule has 1 aliphatic rings. The number of amides is 3. The van der Waals surface area contributed by atoms with E-state index >= 15 is 0 Å². The zero-order valence-corrected chi connectivity index (χ0v) is 20.4. The summed E-state index contributed by atoms with van der Waals surface area (Å²) in [5.74, 6) is -1.41. The molecule has 1 heterocycles. The zero-order chi connectivity index (χ0) is 26.6. The van der Waals surface area contributed by atoms with Gasteiger partial charge < -0.3 is 9.50 Å². The van der Waals surface area contributed by atoms with Crippen molar-refractivity contribution in [1.82, 2.24) is 4.90 Å². The van der Waals surface area contributed by atoms with Gasteiger partial charge in [0.05, 0.1) is 9.83 Å². The number of rotatable bonds is 8. The predicted molar refractivity (Wildman–Crippen MR) is 135 cm³/mol. The first-order valence-corrected chi connectivity index (χ1v) is 12.7. The van der Waals surface area contributed by atoms with Gasteiger partial charge >= 0.3 is 10.1 Å². The number of thioether (sulfide) groups is 1. The van der Waals surface area contributed by atoms with Crippen LogP contribution in [0.5, 0.6) is 5.75 Å². The highest BCUT2D eigenvalue weighted by Crippen LogP contribution is 2.34. The maximum absolute atomic E-state index is 12.8. The normalized spacial score (nSPS) is 14.6. The van der Waals surface area contributed by atoms with E-state index in [9.17, 15) is 32.9 Å². The van der Waals surface area contributed by atoms with Crippen molar-refractivity contribution in [1.29, 1.82) is 0 Å². The summed E-state index contributed by atoms with van der Waals surface area (Å²) in [6, 6.07) is 18.6. The highest BCUT2D eigenvalue weighted by Gasteiger charge is 2.36. The minimum absolute atomic E-state index is 0.0266. The third-order valence-corrected chi connectivity index (χ3v) is 7.13. The minimum Gasteiger partial charge on any atom is -0.378 e. The summed E-state index contributed by atoms with van der Waals surface area (Å²) in [4.78, 5) is 48.2. The molecular formula is C24H17N3O8S2. The van der Waals surface area contributed by atoms with Crippen molar-refractivity contribution >= 4 is 56.4 Å². The van der Waals surface area contributed by atoms with E-state index in [-0.39, 0.29) is 26.8 Å². The number of nitrogens with zero attached hydrogens (tertiary/aromatic N) is 2. The number of non-ortho nitro benzene ring substituents is 1. The van der Waals surface area contributed by atoms with Crippen LogP contribution in [-0.2, 0) is 19.7 Å². The van der Waals surface area contributed by atoms with E-state index < -0.39 is 38.6 Å². The molecule has 1 N–H and O–H groups in total. The number of nitro groups is 1. The number of benzene rings is 3. The summed E-state index contributed by atoms with van der Waals surface area (Å²) in [5, 5.41) is 12.8. The van der Waals surface area contributed by atoms with E-state index in [1.807, 2.05) is 0 Å². The molecule has 0 bridgehead atoms. The monoisotopic (exact) mass is 539 g/mol. The molecule has 4 rings (SSSR count). The molecule has 0 unspecified atom stereocenters. The Morgan fingerprint density at radius 3 is 2.32 bits per heavy atom. The zero-order valence-electron chi connectivity index (χ0n) is 18.8. The van der Waals surface area contributed by atoms with Crippen molar-refractivity contribution in [2.75, 3.05) is 11.9 Å². The summed E-state index contributed by atoms with van der Waals surface area (Å²) < 4.78 is 30.7. The van der Waals surface area contributed by atoms with Crippen molar-refractivity contribution in [3.8, 4) is 5.75 Å². The summed E-state index contributed by atoms with van der Waals surface area (Å²) in [5.41, 5.74) is 0.412. The Hall–Kier alpha value is -4.49. The van der Waals surface area contributed by atoms with Crippen LogP contribution in [0.1, 0.15) is 5.56 Å². The van der Waals surface area contributed by atoms with E-state index in [4.69, 9.17) is 4.18 Å². The first-order chi connectivity index (χ1) is 17.6. The Labute approximate surface area is 215 Å². The quantitative estimate of drug-likeness (QED) is 0.193. The topological polar surface area (TPSA) is 153 Å². The van der Waals surface area contributed by atoms with Gasteiger partial charge in [0.15, 0.2) is 0 Å². The maximum Gasteiger partial charge on any atom is 0.339 e. The molecule has 1 aliphatic heterocycles. The second kappa shape index (κ2) is 10.6. The number of para-hydroxylation sites is 2. The van der Waals surface area contributed by atoms with Crippen molar-refractivity contribution < 1.29 is 31.9 Å². The first kappa shape index (κ1) is 25.6. The SMILES string of the molecule is O=C(CN1C(=O)S/C(=C\c2ccccc2OS(=O)(=O)c2ccc([N+](=O)[O-])cc2)C1=O)Nc1ccccc1. The highest BCUT2D eigenvalue weighted by atomic mass is 32.2. The smallest absolute Gasteiger partial charge is 0.339 e. The van der Waals surface area contributed by atoms with Crippen molar-refractivity contribution in [3.63, 3.8) is 0 Å². The van der Waals surface area contributed by atoms with Crippen LogP contribution in [-0.4, -0.2) is 41.8 Å². The number of carbonyl (C=O) groups excluding carboxylic acids is 3. The van der Waals surface area contributed by atoms with Gasteiger partial charge in [-0.3, -0.25) is 29.4 Å². The lowest BCUT2D eigenvalue weighted by atomic mass is 10.2. The summed E-state index contributed by atoms with van der Waals surface area (Å²) in [6.45, 7) is -0.496. The molecule has 0 atom stereocenters. The Balaban J connectivity index is 1.52. The van der Waals surface area contributed by atoms with Crippen molar-refractivity contribution in [2.24, 2.45) is 0 Å². The molecule has 13 heteroatoms. The standard InChI is InChI=1S/C24H17N3O8S2/c28-22(25-17-7-2-1-3-8-17)15-26-23(29)21(36-24(26)30)14-16-6-4-5-9-20(16)35-37(33,34)19-12-10-18(11-13-19)27(31)32/h1-14H,15H2,(H,25,28)/b21-14-. The lowest BCUT2D eigenvalue weighted by Gasteiger charge is -2.12. The van der Waals surface area contributed by atoms with Crippen LogP contribution in [0.2, 0.25) is 0 Å². The number of imide groups is 1. The van der Waals surface area contributed by atoms with Gasteiger partial charge in [0.25, 0.3) is 16.8 Å². The van der Waals surface area contributed by atoms with Gasteiger partial charge in [-0.25, -0.2) is 0 Å². The average Bonchev–Trinajstić information content (AvgIpc) is 3.13. The van der Waals surface area contributed by atoms with E-state index in [2.05, 4.69) is 5.32 Å². The lowest BCUT2D eigenvalue weighted by molar-refractivity contribution is -0.384. The molecule has 3 aromatic carbocycles. The Kier molecular flexibility index (Phi) is 7.36. The van der Waals surface area contributed by atoms with Gasteiger partial charge in [0.1, 0.15) is 17.2 Å². The lowest BCUT2D eigenvalue weighted by Crippen LogP contribution is -2.36. The molecule has 0 radical (unpaired) electrons. The predicted octanol–water partition coefficient (Wildman–Crippen LogP) is 4.04. The van der Waals surface area contributed by atoms with E-state index in [0.29, 0.717) is 17.4 Å². The highest BCUT2D eigenvalue weighted by molar-refractivity contribution is 8.18. The number of nitro benzene ring substituents is 1. The van der Waals surface area contributed by atoms with Crippen LogP contribution in [0.4, 0.5) is 16.2 Å². The minimum atomic E-state index is -4.37. The van der Waals surface area contributed by atoms with Crippen LogP contribution < -0.4 is 9.50 Å². The molecule has 188 valence electrons. The summed E-state index contributed by atoms with van der Waals surface area (Å²) in [6.07, 6.45) is 1.29. The molecule has 0 spiro atoms. The third-order valence-electron chi connectivity index (χ3n) is 4.97. The number of anilines is 1. The molecule has 1 saturated heterocycles. The van der Waals surface area contributed by atoms with Crippen molar-refractivity contribution in [3.05, 3.63) is 99.4 Å². The molecule has 11 nitrogen and oxygen atoms in total. The second-order valence-corrected chi connectivity index (χ2v) is 10.0. The van der Waals surface area contributed by atoms with E-state index in [0.717, 1.165) is 29.2 Å².